The Labute approximate surface area is 198 Å². The molecule has 1 aliphatic heterocycles. The van der Waals surface area contributed by atoms with Gasteiger partial charge in [0.25, 0.3) is 11.8 Å². The molecule has 34 heavy (non-hydrogen) atoms. The van der Waals surface area contributed by atoms with E-state index in [2.05, 4.69) is 5.32 Å². The van der Waals surface area contributed by atoms with Gasteiger partial charge in [-0.2, -0.15) is 0 Å². The molecule has 2 aromatic carbocycles. The second-order valence-corrected chi connectivity index (χ2v) is 8.65. The molecule has 4 amide bonds. The number of fused-ring (bicyclic) bond motifs is 1. The minimum Gasteiger partial charge on any atom is -0.508 e. The lowest BCUT2D eigenvalue weighted by atomic mass is 10.1. The molecule has 0 bridgehead atoms. The smallest absolute Gasteiger partial charge is 0.326 e. The first-order valence-electron chi connectivity index (χ1n) is 11.2. The van der Waals surface area contributed by atoms with Crippen molar-refractivity contribution in [3.8, 4) is 5.75 Å². The molecule has 0 fully saturated rings. The van der Waals surface area contributed by atoms with Gasteiger partial charge in [0.2, 0.25) is 0 Å². The van der Waals surface area contributed by atoms with Crippen LogP contribution in [0.15, 0.2) is 48.5 Å². The average molecular weight is 468 g/mol. The van der Waals surface area contributed by atoms with Gasteiger partial charge in [-0.3, -0.25) is 14.5 Å². The van der Waals surface area contributed by atoms with Crippen LogP contribution in [0.3, 0.4) is 0 Å². The van der Waals surface area contributed by atoms with E-state index >= 15 is 0 Å². The van der Waals surface area contributed by atoms with Gasteiger partial charge in [-0.1, -0.05) is 44.2 Å². The van der Waals surface area contributed by atoms with Crippen LogP contribution in [-0.4, -0.2) is 63.0 Å². The van der Waals surface area contributed by atoms with Gasteiger partial charge in [0.05, 0.1) is 11.1 Å². The third-order valence-corrected chi connectivity index (χ3v) is 5.74. The van der Waals surface area contributed by atoms with E-state index in [9.17, 15) is 29.4 Å². The van der Waals surface area contributed by atoms with Crippen LogP contribution >= 0.6 is 0 Å². The van der Waals surface area contributed by atoms with E-state index in [1.54, 1.807) is 0 Å². The highest BCUT2D eigenvalue weighted by Gasteiger charge is 2.37. The maximum atomic E-state index is 13.0. The van der Waals surface area contributed by atoms with E-state index in [4.69, 9.17) is 0 Å². The Balaban J connectivity index is 1.73. The molecule has 0 aliphatic carbocycles. The van der Waals surface area contributed by atoms with Gasteiger partial charge in [0.1, 0.15) is 11.8 Å². The summed E-state index contributed by atoms with van der Waals surface area (Å²) in [4.78, 5) is 52.7. The maximum absolute atomic E-state index is 13.0. The molecular weight excluding hydrogens is 438 g/mol. The molecule has 0 saturated carbocycles. The van der Waals surface area contributed by atoms with Crippen molar-refractivity contribution < 1.29 is 29.4 Å². The number of carbonyl (C=O) groups is 4. The van der Waals surface area contributed by atoms with Crippen LogP contribution < -0.4 is 5.32 Å². The zero-order valence-corrected chi connectivity index (χ0v) is 19.2. The predicted octanol–water partition coefficient (Wildman–Crippen LogP) is 3.09. The van der Waals surface area contributed by atoms with Crippen LogP contribution in [0.4, 0.5) is 4.79 Å². The zero-order valence-electron chi connectivity index (χ0n) is 19.2. The number of aliphatic carboxylic acids is 1. The number of rotatable bonds is 10. The van der Waals surface area contributed by atoms with Crippen LogP contribution in [0.1, 0.15) is 53.0 Å². The van der Waals surface area contributed by atoms with E-state index in [1.807, 2.05) is 44.2 Å². The Morgan fingerprint density at radius 1 is 1.00 bits per heavy atom. The molecule has 1 atom stereocenters. The Morgan fingerprint density at radius 2 is 1.68 bits per heavy atom. The van der Waals surface area contributed by atoms with Crippen LogP contribution in [0.25, 0.3) is 0 Å². The fourth-order valence-corrected chi connectivity index (χ4v) is 3.82. The molecular formula is C25H29N3O6. The average Bonchev–Trinajstić information content (AvgIpc) is 3.03. The summed E-state index contributed by atoms with van der Waals surface area (Å²) in [5.41, 5.74) is 1.11. The lowest BCUT2D eigenvalue weighted by Crippen LogP contribution is -2.51. The summed E-state index contributed by atoms with van der Waals surface area (Å²) in [6.45, 7) is 4.24. The summed E-state index contributed by atoms with van der Waals surface area (Å²) in [6.07, 6.45) is 0.471. The molecule has 1 heterocycles. The number of aromatic hydroxyl groups is 1. The number of carboxylic acids is 1. The fourth-order valence-electron chi connectivity index (χ4n) is 3.82. The summed E-state index contributed by atoms with van der Waals surface area (Å²) in [5.74, 6) is -2.26. The summed E-state index contributed by atoms with van der Waals surface area (Å²) in [5, 5.41) is 22.3. The number of carboxylic acid groups (broad SMARTS) is 1. The van der Waals surface area contributed by atoms with Crippen molar-refractivity contribution in [2.75, 3.05) is 13.1 Å². The van der Waals surface area contributed by atoms with Crippen molar-refractivity contribution in [3.63, 3.8) is 0 Å². The van der Waals surface area contributed by atoms with Gasteiger partial charge in [0.15, 0.2) is 0 Å². The lowest BCUT2D eigenvalue weighted by molar-refractivity contribution is -0.142. The highest BCUT2D eigenvalue weighted by Crippen LogP contribution is 2.27. The molecule has 0 aromatic heterocycles. The Bertz CT molecular complexity index is 1070. The number of imide groups is 1. The number of carbonyl (C=O) groups excluding carboxylic acids is 3. The van der Waals surface area contributed by atoms with Crippen molar-refractivity contribution in [2.24, 2.45) is 5.92 Å². The number of hydrogen-bond donors (Lipinski definition) is 3. The van der Waals surface area contributed by atoms with E-state index in [0.717, 1.165) is 10.5 Å². The highest BCUT2D eigenvalue weighted by molar-refractivity contribution is 6.21. The normalized spacial score (nSPS) is 13.7. The van der Waals surface area contributed by atoms with Crippen molar-refractivity contribution >= 4 is 23.8 Å². The molecule has 1 unspecified atom stereocenters. The topological polar surface area (TPSA) is 127 Å². The third-order valence-electron chi connectivity index (χ3n) is 5.74. The number of phenolic OH excluding ortho intramolecular Hbond substituents is 1. The van der Waals surface area contributed by atoms with Crippen molar-refractivity contribution in [2.45, 2.75) is 39.3 Å². The van der Waals surface area contributed by atoms with Crippen molar-refractivity contribution in [3.05, 3.63) is 65.2 Å². The standard InChI is InChI=1S/C25H29N3O6/c1-16(2)10-12-27(25(34)26-15-17-6-4-3-5-7-17)21(24(32)33)11-13-28-22(30)19-9-8-18(29)14-20(19)23(28)31/h3-9,14,16,21,29H,10-13,15H2,1-2H3,(H,26,34)(H,32,33). The second kappa shape index (κ2) is 10.8. The van der Waals surface area contributed by atoms with E-state index in [-0.39, 0.29) is 48.8 Å². The van der Waals surface area contributed by atoms with E-state index < -0.39 is 29.9 Å². The predicted molar refractivity (Wildman–Crippen MR) is 124 cm³/mol. The van der Waals surface area contributed by atoms with Gasteiger partial charge in [-0.25, -0.2) is 9.59 Å². The quantitative estimate of drug-likeness (QED) is 0.461. The number of phenols is 1. The number of hydrogen-bond acceptors (Lipinski definition) is 5. The highest BCUT2D eigenvalue weighted by atomic mass is 16.4. The summed E-state index contributed by atoms with van der Waals surface area (Å²) >= 11 is 0. The van der Waals surface area contributed by atoms with Gasteiger partial charge in [0, 0.05) is 19.6 Å². The Kier molecular flexibility index (Phi) is 7.88. The van der Waals surface area contributed by atoms with Crippen LogP contribution in [-0.2, 0) is 11.3 Å². The molecule has 2 aromatic rings. The van der Waals surface area contributed by atoms with Crippen LogP contribution in [0.5, 0.6) is 5.75 Å². The fraction of sp³-hybridized carbons (Fsp3) is 0.360. The van der Waals surface area contributed by atoms with Crippen molar-refractivity contribution in [1.29, 1.82) is 0 Å². The second-order valence-electron chi connectivity index (χ2n) is 8.65. The third kappa shape index (κ3) is 5.72. The number of urea groups is 1. The van der Waals surface area contributed by atoms with Gasteiger partial charge < -0.3 is 20.4 Å². The van der Waals surface area contributed by atoms with E-state index in [1.165, 1.54) is 23.1 Å². The first-order valence-corrected chi connectivity index (χ1v) is 11.2. The summed E-state index contributed by atoms with van der Waals surface area (Å²) in [6, 6.07) is 11.4. The molecule has 180 valence electrons. The zero-order chi connectivity index (χ0) is 24.8. The molecule has 0 spiro atoms. The summed E-state index contributed by atoms with van der Waals surface area (Å²) < 4.78 is 0. The molecule has 9 nitrogen and oxygen atoms in total. The maximum Gasteiger partial charge on any atom is 0.326 e. The molecule has 3 N–H and O–H groups in total. The number of nitrogens with one attached hydrogen (secondary N) is 1. The lowest BCUT2D eigenvalue weighted by Gasteiger charge is -2.30. The minimum absolute atomic E-state index is 0.0779. The van der Waals surface area contributed by atoms with Crippen molar-refractivity contribution in [1.82, 2.24) is 15.1 Å². The first kappa shape index (κ1) is 24.8. The first-order chi connectivity index (χ1) is 16.2. The Hall–Kier alpha value is -3.88. The number of nitrogens with zero attached hydrogens (tertiary/aromatic N) is 2. The molecule has 3 rings (SSSR count). The summed E-state index contributed by atoms with van der Waals surface area (Å²) in [7, 11) is 0. The van der Waals surface area contributed by atoms with Gasteiger partial charge >= 0.3 is 12.0 Å². The number of benzene rings is 2. The Morgan fingerprint density at radius 3 is 2.32 bits per heavy atom. The van der Waals surface area contributed by atoms with Gasteiger partial charge in [-0.05, 0) is 42.5 Å². The van der Waals surface area contributed by atoms with E-state index in [0.29, 0.717) is 6.42 Å². The van der Waals surface area contributed by atoms with Gasteiger partial charge in [-0.15, -0.1) is 0 Å². The monoisotopic (exact) mass is 467 g/mol. The SMILES string of the molecule is CC(C)CCN(C(=O)NCc1ccccc1)C(CCN1C(=O)c2ccc(O)cc2C1=O)C(=O)O. The largest absolute Gasteiger partial charge is 0.508 e. The molecule has 0 radical (unpaired) electrons. The molecule has 1 aliphatic rings. The molecule has 9 heteroatoms. The minimum atomic E-state index is -1.23. The molecule has 0 saturated heterocycles. The van der Waals surface area contributed by atoms with Crippen LogP contribution in [0, 0.1) is 5.92 Å². The van der Waals surface area contributed by atoms with Crippen LogP contribution in [0.2, 0.25) is 0 Å². The number of amides is 4.